The Morgan fingerprint density at radius 1 is 1.23 bits per heavy atom. The van der Waals surface area contributed by atoms with Crippen molar-refractivity contribution >= 4 is 11.9 Å². The van der Waals surface area contributed by atoms with Crippen molar-refractivity contribution in [3.05, 3.63) is 35.9 Å². The average molecular weight is 358 g/mol. The van der Waals surface area contributed by atoms with Crippen LogP contribution in [0.15, 0.2) is 24.3 Å². The Morgan fingerprint density at radius 3 is 2.50 bits per heavy atom. The Kier molecular flexibility index (Phi) is 3.78. The summed E-state index contributed by atoms with van der Waals surface area (Å²) in [5.41, 5.74) is -0.606. The number of carbonyl (C=O) groups excluding carboxylic acids is 1. The minimum Gasteiger partial charge on any atom is -0.480 e. The van der Waals surface area contributed by atoms with Crippen LogP contribution in [-0.4, -0.2) is 32.2 Å². The maximum absolute atomic E-state index is 13.0. The zero-order chi connectivity index (χ0) is 18.4. The molecule has 8 heteroatoms. The molecule has 136 valence electrons. The maximum atomic E-state index is 13.0. The number of nitrogens with one attached hydrogen (secondary N) is 2. The zero-order valence-electron chi connectivity index (χ0n) is 14.1. The average Bonchev–Trinajstić information content (AvgIpc) is 3.00. The van der Waals surface area contributed by atoms with Crippen LogP contribution in [0.5, 0.6) is 0 Å². The molecule has 2 aliphatic carbocycles. The summed E-state index contributed by atoms with van der Waals surface area (Å²) < 4.78 is 13.0. The van der Waals surface area contributed by atoms with Gasteiger partial charge in [0.2, 0.25) is 5.91 Å². The van der Waals surface area contributed by atoms with Crippen LogP contribution in [0, 0.1) is 16.6 Å². The summed E-state index contributed by atoms with van der Waals surface area (Å²) in [4.78, 5) is 28.4. The molecule has 0 atom stereocenters. The fourth-order valence-electron chi connectivity index (χ4n) is 4.10. The lowest BCUT2D eigenvalue weighted by Crippen LogP contribution is -2.61. The van der Waals surface area contributed by atoms with Crippen LogP contribution >= 0.6 is 0 Å². The number of aromatic nitrogens is 3. The summed E-state index contributed by atoms with van der Waals surface area (Å²) in [5, 5.41) is 19.0. The second kappa shape index (κ2) is 5.89. The molecule has 0 bridgehead atoms. The van der Waals surface area contributed by atoms with Crippen LogP contribution in [0.2, 0.25) is 0 Å². The summed E-state index contributed by atoms with van der Waals surface area (Å²) in [6.45, 7) is 0.0645. The van der Waals surface area contributed by atoms with E-state index in [0.29, 0.717) is 30.1 Å². The normalized spacial score (nSPS) is 19.4. The number of carboxylic acids is 1. The number of benzene rings is 1. The van der Waals surface area contributed by atoms with Crippen molar-refractivity contribution in [1.29, 1.82) is 0 Å². The van der Waals surface area contributed by atoms with E-state index in [-0.39, 0.29) is 17.8 Å². The molecular weight excluding hydrogens is 339 g/mol. The Morgan fingerprint density at radius 2 is 1.92 bits per heavy atom. The van der Waals surface area contributed by atoms with Crippen LogP contribution in [0.25, 0.3) is 11.4 Å². The van der Waals surface area contributed by atoms with Crippen LogP contribution in [-0.2, 0) is 16.1 Å². The molecule has 0 unspecified atom stereocenters. The molecule has 1 heterocycles. The zero-order valence-corrected chi connectivity index (χ0v) is 14.1. The van der Waals surface area contributed by atoms with E-state index in [1.807, 2.05) is 0 Å². The molecule has 2 fully saturated rings. The number of H-pyrrole nitrogens is 1. The number of aliphatic carboxylic acids is 1. The Bertz CT molecular complexity index is 850. The van der Waals surface area contributed by atoms with Gasteiger partial charge in [-0.05, 0) is 55.4 Å². The second-order valence-corrected chi connectivity index (χ2v) is 7.39. The Balaban J connectivity index is 1.40. The highest BCUT2D eigenvalue weighted by molar-refractivity contribution is 6.03. The number of carboxylic acid groups (broad SMARTS) is 1. The second-order valence-electron chi connectivity index (χ2n) is 7.39. The van der Waals surface area contributed by atoms with Gasteiger partial charge in [0.1, 0.15) is 17.1 Å². The smallest absolute Gasteiger partial charge is 0.319 e. The number of amides is 1. The predicted molar refractivity (Wildman–Crippen MR) is 89.2 cm³/mol. The van der Waals surface area contributed by atoms with E-state index in [1.54, 1.807) is 12.1 Å². The number of aromatic amines is 1. The third-order valence-electron chi connectivity index (χ3n) is 5.66. The van der Waals surface area contributed by atoms with Crippen molar-refractivity contribution in [2.45, 2.75) is 38.6 Å². The molecule has 4 rings (SSSR count). The van der Waals surface area contributed by atoms with Gasteiger partial charge in [0.15, 0.2) is 5.82 Å². The Hall–Kier alpha value is -2.77. The van der Waals surface area contributed by atoms with Crippen LogP contribution < -0.4 is 5.32 Å². The molecule has 3 N–H and O–H groups in total. The molecule has 7 nitrogen and oxygen atoms in total. The number of rotatable bonds is 5. The van der Waals surface area contributed by atoms with Crippen LogP contribution in [0.4, 0.5) is 4.39 Å². The fourth-order valence-corrected chi connectivity index (χ4v) is 4.10. The third-order valence-corrected chi connectivity index (χ3v) is 5.66. The minimum absolute atomic E-state index is 0.0645. The molecular formula is C18H19FN4O3. The lowest BCUT2D eigenvalue weighted by atomic mass is 9.45. The van der Waals surface area contributed by atoms with Crippen LogP contribution in [0.1, 0.15) is 37.9 Å². The first-order chi connectivity index (χ1) is 12.4. The highest BCUT2D eigenvalue weighted by Crippen LogP contribution is 2.64. The molecule has 1 aromatic heterocycles. The van der Waals surface area contributed by atoms with Gasteiger partial charge in [-0.2, -0.15) is 5.10 Å². The highest BCUT2D eigenvalue weighted by atomic mass is 19.1. The predicted octanol–water partition coefficient (Wildman–Crippen LogP) is 2.26. The molecule has 2 saturated carbocycles. The monoisotopic (exact) mass is 358 g/mol. The summed E-state index contributed by atoms with van der Waals surface area (Å²) in [7, 11) is 0. The number of carbonyl (C=O) groups is 2. The van der Waals surface area contributed by atoms with Crippen molar-refractivity contribution in [2.75, 3.05) is 0 Å². The molecule has 1 spiro atoms. The minimum atomic E-state index is -1.32. The topological polar surface area (TPSA) is 108 Å². The van der Waals surface area contributed by atoms with E-state index in [0.717, 1.165) is 19.3 Å². The fraction of sp³-hybridized carbons (Fsp3) is 0.444. The summed E-state index contributed by atoms with van der Waals surface area (Å²) in [6.07, 6.45) is 3.97. The first kappa shape index (κ1) is 16.7. The largest absolute Gasteiger partial charge is 0.480 e. The maximum Gasteiger partial charge on any atom is 0.319 e. The number of nitrogens with zero attached hydrogens (tertiary/aromatic N) is 2. The Labute approximate surface area is 149 Å². The van der Waals surface area contributed by atoms with Gasteiger partial charge in [0.05, 0.1) is 6.54 Å². The van der Waals surface area contributed by atoms with Crippen LogP contribution in [0.3, 0.4) is 0 Å². The van der Waals surface area contributed by atoms with Crippen molar-refractivity contribution < 1.29 is 19.1 Å². The molecule has 0 saturated heterocycles. The van der Waals surface area contributed by atoms with Gasteiger partial charge in [-0.3, -0.25) is 14.7 Å². The van der Waals surface area contributed by atoms with Gasteiger partial charge >= 0.3 is 5.97 Å². The van der Waals surface area contributed by atoms with Crippen molar-refractivity contribution in [3.8, 4) is 11.4 Å². The quantitative estimate of drug-likeness (QED) is 0.711. The summed E-state index contributed by atoms with van der Waals surface area (Å²) in [5.74, 6) is -1.07. The van der Waals surface area contributed by atoms with E-state index >= 15 is 0 Å². The van der Waals surface area contributed by atoms with Gasteiger partial charge in [0, 0.05) is 5.56 Å². The van der Waals surface area contributed by atoms with Gasteiger partial charge in [0.25, 0.3) is 0 Å². The number of hydrogen-bond donors (Lipinski definition) is 3. The number of hydrogen-bond acceptors (Lipinski definition) is 4. The van der Waals surface area contributed by atoms with Crippen molar-refractivity contribution in [3.63, 3.8) is 0 Å². The summed E-state index contributed by atoms with van der Waals surface area (Å²) in [6, 6.07) is 5.76. The highest BCUT2D eigenvalue weighted by Gasteiger charge is 2.64. The van der Waals surface area contributed by atoms with Gasteiger partial charge < -0.3 is 10.4 Å². The van der Waals surface area contributed by atoms with Crippen molar-refractivity contribution in [1.82, 2.24) is 20.5 Å². The lowest BCUT2D eigenvalue weighted by molar-refractivity contribution is -0.181. The molecule has 26 heavy (non-hydrogen) atoms. The van der Waals surface area contributed by atoms with E-state index in [4.69, 9.17) is 0 Å². The van der Waals surface area contributed by atoms with Gasteiger partial charge in [-0.25, -0.2) is 9.37 Å². The lowest BCUT2D eigenvalue weighted by Gasteiger charge is -2.58. The molecule has 0 aliphatic heterocycles. The van der Waals surface area contributed by atoms with Gasteiger partial charge in [-0.1, -0.05) is 6.42 Å². The number of halogens is 1. The van der Waals surface area contributed by atoms with E-state index in [2.05, 4.69) is 20.5 Å². The van der Waals surface area contributed by atoms with Gasteiger partial charge in [-0.15, -0.1) is 0 Å². The molecule has 0 radical (unpaired) electrons. The SMILES string of the molecule is O=C(O)C1(C(=O)NCc2nc(-c3ccc(F)cc3)n[nH]2)CC2(CCC2)C1. The van der Waals surface area contributed by atoms with E-state index in [9.17, 15) is 19.1 Å². The first-order valence-electron chi connectivity index (χ1n) is 8.62. The molecule has 1 amide bonds. The van der Waals surface area contributed by atoms with E-state index < -0.39 is 17.3 Å². The van der Waals surface area contributed by atoms with Crippen molar-refractivity contribution in [2.24, 2.45) is 10.8 Å². The van der Waals surface area contributed by atoms with E-state index in [1.165, 1.54) is 12.1 Å². The molecule has 2 aromatic rings. The standard InChI is InChI=1S/C18H19FN4O3/c19-12-4-2-11(3-5-12)14-21-13(22-23-14)8-20-15(24)18(16(25)26)9-17(10-18)6-1-7-17/h2-5H,1,6-10H2,(H,20,24)(H,25,26)(H,21,22,23). The molecule has 2 aliphatic rings. The molecule has 1 aromatic carbocycles. The third kappa shape index (κ3) is 2.65. The summed E-state index contributed by atoms with van der Waals surface area (Å²) >= 11 is 0. The first-order valence-corrected chi connectivity index (χ1v) is 8.62.